The average Bonchev–Trinajstić information content (AvgIpc) is 2.72. The van der Waals surface area contributed by atoms with Crippen LogP contribution in [0.15, 0.2) is 22.8 Å². The van der Waals surface area contributed by atoms with Crippen LogP contribution in [0.25, 0.3) is 0 Å². The number of carbonyl (C=O) groups excluding carboxylic acids is 2. The summed E-state index contributed by atoms with van der Waals surface area (Å²) in [5.41, 5.74) is 2.59. The molecule has 0 spiro atoms. The molecule has 3 aliphatic rings. The van der Waals surface area contributed by atoms with Crippen LogP contribution in [0.2, 0.25) is 0 Å². The monoisotopic (exact) mass is 262 g/mol. The van der Waals surface area contributed by atoms with Crippen molar-refractivity contribution in [1.82, 2.24) is 0 Å². The number of carbonyl (C=O) groups is 2. The van der Waals surface area contributed by atoms with Gasteiger partial charge in [0.1, 0.15) is 6.10 Å². The Morgan fingerprint density at radius 2 is 2.00 bits per heavy atom. The van der Waals surface area contributed by atoms with Gasteiger partial charge in [-0.25, -0.2) is 0 Å². The first kappa shape index (κ1) is 12.6. The van der Waals surface area contributed by atoms with Crippen molar-refractivity contribution in [3.05, 3.63) is 22.8 Å². The fourth-order valence-corrected chi connectivity index (χ4v) is 3.82. The van der Waals surface area contributed by atoms with Gasteiger partial charge in [-0.2, -0.15) is 0 Å². The maximum Gasteiger partial charge on any atom is 0.309 e. The number of fused-ring (bicyclic) bond motifs is 3. The molecule has 0 aromatic carbocycles. The van der Waals surface area contributed by atoms with Crippen molar-refractivity contribution in [2.75, 3.05) is 0 Å². The molecule has 0 saturated carbocycles. The topological polar surface area (TPSA) is 63.6 Å². The summed E-state index contributed by atoms with van der Waals surface area (Å²) in [5.74, 6) is -0.957. The highest BCUT2D eigenvalue weighted by Gasteiger charge is 2.53. The molecule has 1 saturated heterocycles. The first-order valence-corrected chi connectivity index (χ1v) is 6.72. The van der Waals surface area contributed by atoms with Gasteiger partial charge in [-0.1, -0.05) is 18.1 Å². The SMILES string of the molecule is CC1=CC(=O)C2=C(C)C[C@@H](O)C3[C@@H](OC(=O)[C@@H]3C)C12. The average molecular weight is 262 g/mol. The van der Waals surface area contributed by atoms with E-state index in [0.29, 0.717) is 6.42 Å². The molecule has 2 aliphatic carbocycles. The van der Waals surface area contributed by atoms with Crippen molar-refractivity contribution >= 4 is 11.8 Å². The lowest BCUT2D eigenvalue weighted by Crippen LogP contribution is -2.35. The standard InChI is InChI=1S/C15H18O4/c1-6-4-10(17)13-8(3)15(18)19-14(13)12-7(2)5-9(16)11(6)12/h5,8,10,12-14,17H,4H2,1-3H3/t8-,10-,12?,13?,14+/m1/s1. The van der Waals surface area contributed by atoms with E-state index in [1.54, 1.807) is 13.0 Å². The predicted octanol–water partition coefficient (Wildman–Crippen LogP) is 1.39. The molecule has 2 unspecified atom stereocenters. The number of aliphatic hydroxyl groups is 1. The molecule has 4 heteroatoms. The van der Waals surface area contributed by atoms with Crippen LogP contribution in [0.3, 0.4) is 0 Å². The van der Waals surface area contributed by atoms with Gasteiger partial charge in [0.2, 0.25) is 0 Å². The summed E-state index contributed by atoms with van der Waals surface area (Å²) < 4.78 is 5.48. The first-order chi connectivity index (χ1) is 8.91. The molecule has 0 aromatic heterocycles. The smallest absolute Gasteiger partial charge is 0.309 e. The van der Waals surface area contributed by atoms with Crippen molar-refractivity contribution in [2.45, 2.75) is 39.4 Å². The number of esters is 1. The molecule has 102 valence electrons. The molecule has 1 fully saturated rings. The summed E-state index contributed by atoms with van der Waals surface area (Å²) in [7, 11) is 0. The maximum atomic E-state index is 12.1. The minimum Gasteiger partial charge on any atom is -0.461 e. The van der Waals surface area contributed by atoms with Gasteiger partial charge in [0, 0.05) is 17.4 Å². The van der Waals surface area contributed by atoms with Crippen LogP contribution in [-0.4, -0.2) is 29.1 Å². The molecule has 4 nitrogen and oxygen atoms in total. The Morgan fingerprint density at radius 3 is 2.68 bits per heavy atom. The van der Waals surface area contributed by atoms with Crippen molar-refractivity contribution < 1.29 is 19.4 Å². The predicted molar refractivity (Wildman–Crippen MR) is 68.1 cm³/mol. The van der Waals surface area contributed by atoms with E-state index in [4.69, 9.17) is 4.74 Å². The fourth-order valence-electron chi connectivity index (χ4n) is 3.82. The molecular formula is C15H18O4. The number of ether oxygens (including phenoxy) is 1. The van der Waals surface area contributed by atoms with E-state index < -0.39 is 12.2 Å². The van der Waals surface area contributed by atoms with Crippen molar-refractivity contribution in [1.29, 1.82) is 0 Å². The van der Waals surface area contributed by atoms with Crippen LogP contribution in [0.1, 0.15) is 27.2 Å². The summed E-state index contributed by atoms with van der Waals surface area (Å²) in [6.45, 7) is 5.59. The quantitative estimate of drug-likeness (QED) is 0.670. The Kier molecular flexibility index (Phi) is 2.68. The first-order valence-electron chi connectivity index (χ1n) is 6.72. The maximum absolute atomic E-state index is 12.1. The van der Waals surface area contributed by atoms with Crippen LogP contribution >= 0.6 is 0 Å². The van der Waals surface area contributed by atoms with E-state index in [-0.39, 0.29) is 29.5 Å². The van der Waals surface area contributed by atoms with Crippen LogP contribution in [-0.2, 0) is 14.3 Å². The fraction of sp³-hybridized carbons (Fsp3) is 0.600. The van der Waals surface area contributed by atoms with Gasteiger partial charge >= 0.3 is 5.97 Å². The third kappa shape index (κ3) is 1.62. The number of ketones is 1. The molecule has 0 aromatic rings. The summed E-state index contributed by atoms with van der Waals surface area (Å²) in [6, 6.07) is 0. The Morgan fingerprint density at radius 1 is 1.32 bits per heavy atom. The minimum absolute atomic E-state index is 0.00320. The Hall–Kier alpha value is -1.42. The van der Waals surface area contributed by atoms with Gasteiger partial charge in [0.05, 0.1) is 12.0 Å². The van der Waals surface area contributed by atoms with Crippen LogP contribution in [0.5, 0.6) is 0 Å². The molecule has 3 rings (SSSR count). The zero-order valence-corrected chi connectivity index (χ0v) is 11.3. The van der Waals surface area contributed by atoms with Gasteiger partial charge in [0.25, 0.3) is 0 Å². The highest BCUT2D eigenvalue weighted by molar-refractivity contribution is 6.09. The number of allylic oxidation sites excluding steroid dienone is 1. The number of hydrogen-bond acceptors (Lipinski definition) is 4. The molecule has 1 heterocycles. The van der Waals surface area contributed by atoms with Gasteiger partial charge in [-0.3, -0.25) is 9.59 Å². The molecule has 0 amide bonds. The molecule has 0 bridgehead atoms. The van der Waals surface area contributed by atoms with Crippen LogP contribution in [0, 0.1) is 17.8 Å². The summed E-state index contributed by atoms with van der Waals surface area (Å²) >= 11 is 0. The van der Waals surface area contributed by atoms with Crippen molar-refractivity contribution in [2.24, 2.45) is 17.8 Å². The molecule has 0 radical (unpaired) electrons. The van der Waals surface area contributed by atoms with E-state index in [1.807, 2.05) is 13.8 Å². The second kappa shape index (κ2) is 4.04. The second-order valence-corrected chi connectivity index (χ2v) is 5.96. The van der Waals surface area contributed by atoms with Crippen molar-refractivity contribution in [3.8, 4) is 0 Å². The number of hydrogen-bond donors (Lipinski definition) is 1. The van der Waals surface area contributed by atoms with Gasteiger partial charge in [-0.15, -0.1) is 0 Å². The van der Waals surface area contributed by atoms with E-state index in [2.05, 4.69) is 0 Å². The van der Waals surface area contributed by atoms with E-state index in [0.717, 1.165) is 16.7 Å². The van der Waals surface area contributed by atoms with Gasteiger partial charge < -0.3 is 9.84 Å². The Labute approximate surface area is 112 Å². The third-order valence-corrected chi connectivity index (χ3v) is 4.75. The number of aliphatic hydroxyl groups excluding tert-OH is 1. The third-order valence-electron chi connectivity index (χ3n) is 4.75. The molecule has 1 N–H and O–H groups in total. The van der Waals surface area contributed by atoms with Crippen LogP contribution < -0.4 is 0 Å². The van der Waals surface area contributed by atoms with Gasteiger partial charge in [-0.05, 0) is 26.3 Å². The molecule has 5 atom stereocenters. The Bertz CT molecular complexity index is 528. The second-order valence-electron chi connectivity index (χ2n) is 5.96. The highest BCUT2D eigenvalue weighted by Crippen LogP contribution is 2.47. The zero-order valence-electron chi connectivity index (χ0n) is 11.3. The van der Waals surface area contributed by atoms with E-state index >= 15 is 0 Å². The van der Waals surface area contributed by atoms with Crippen LogP contribution in [0.4, 0.5) is 0 Å². The molecule has 1 aliphatic heterocycles. The minimum atomic E-state index is -0.620. The molecular weight excluding hydrogens is 244 g/mol. The summed E-state index contributed by atoms with van der Waals surface area (Å²) in [6.07, 6.45) is 1.06. The van der Waals surface area contributed by atoms with Crippen molar-refractivity contribution in [3.63, 3.8) is 0 Å². The van der Waals surface area contributed by atoms with E-state index in [1.165, 1.54) is 0 Å². The lowest BCUT2D eigenvalue weighted by Gasteiger charge is -2.26. The lowest BCUT2D eigenvalue weighted by molar-refractivity contribution is -0.144. The largest absolute Gasteiger partial charge is 0.461 e. The highest BCUT2D eigenvalue weighted by atomic mass is 16.6. The van der Waals surface area contributed by atoms with E-state index in [9.17, 15) is 14.7 Å². The molecule has 19 heavy (non-hydrogen) atoms. The lowest BCUT2D eigenvalue weighted by atomic mass is 9.80. The summed E-state index contributed by atoms with van der Waals surface area (Å²) in [4.78, 5) is 23.9. The Balaban J connectivity index is 2.11. The summed E-state index contributed by atoms with van der Waals surface area (Å²) in [5, 5.41) is 10.3. The zero-order chi connectivity index (χ0) is 13.9. The van der Waals surface area contributed by atoms with Gasteiger partial charge in [0.15, 0.2) is 5.78 Å². The number of rotatable bonds is 0. The normalized spacial score (nSPS) is 41.7.